The van der Waals surface area contributed by atoms with E-state index in [9.17, 15) is 9.90 Å². The average Bonchev–Trinajstić information content (AvgIpc) is 3.25. The molecule has 0 atom stereocenters. The lowest BCUT2D eigenvalue weighted by Crippen LogP contribution is -2.20. The normalized spacial score (nSPS) is 20.1. The number of carboxylic acid groups (broad SMARTS) is 1. The Bertz CT molecular complexity index is 567. The minimum Gasteiger partial charge on any atom is -0.478 e. The van der Waals surface area contributed by atoms with Crippen LogP contribution in [0.4, 0.5) is 5.82 Å². The van der Waals surface area contributed by atoms with Crippen LogP contribution in [0.15, 0.2) is 12.1 Å². The molecule has 2 aliphatic carbocycles. The van der Waals surface area contributed by atoms with E-state index in [1.165, 1.54) is 25.7 Å². The van der Waals surface area contributed by atoms with Crippen molar-refractivity contribution in [3.05, 3.63) is 23.4 Å². The zero-order valence-electron chi connectivity index (χ0n) is 13.1. The Morgan fingerprint density at radius 2 is 2.05 bits per heavy atom. The second kappa shape index (κ2) is 4.72. The molecule has 21 heavy (non-hydrogen) atoms. The van der Waals surface area contributed by atoms with Gasteiger partial charge in [-0.1, -0.05) is 20.8 Å². The Balaban J connectivity index is 1.80. The number of carbonyl (C=O) groups is 1. The molecule has 1 heterocycles. The van der Waals surface area contributed by atoms with E-state index in [1.54, 1.807) is 12.1 Å². The third-order valence-electron chi connectivity index (χ3n) is 4.80. The summed E-state index contributed by atoms with van der Waals surface area (Å²) in [6.45, 7) is 7.09. The smallest absolute Gasteiger partial charge is 0.335 e. The fourth-order valence-electron chi connectivity index (χ4n) is 2.98. The van der Waals surface area contributed by atoms with Crippen LogP contribution in [0.1, 0.15) is 62.5 Å². The number of nitrogens with one attached hydrogen (secondary N) is 1. The summed E-state index contributed by atoms with van der Waals surface area (Å²) in [4.78, 5) is 15.9. The summed E-state index contributed by atoms with van der Waals surface area (Å²) >= 11 is 0. The van der Waals surface area contributed by atoms with Gasteiger partial charge in [0.05, 0.1) is 5.56 Å². The van der Waals surface area contributed by atoms with Gasteiger partial charge in [-0.2, -0.15) is 0 Å². The number of nitrogens with zero attached hydrogens (tertiary/aromatic N) is 1. The molecule has 0 spiro atoms. The highest BCUT2D eigenvalue weighted by Crippen LogP contribution is 2.61. The van der Waals surface area contributed by atoms with Crippen molar-refractivity contribution in [2.75, 3.05) is 11.9 Å². The van der Waals surface area contributed by atoms with Crippen molar-refractivity contribution in [3.63, 3.8) is 0 Å². The molecule has 0 unspecified atom stereocenters. The van der Waals surface area contributed by atoms with E-state index < -0.39 is 5.97 Å². The van der Waals surface area contributed by atoms with Crippen molar-refractivity contribution in [3.8, 4) is 0 Å². The standard InChI is InChI=1S/C17H24N2O2/c1-16(2,3)13-8-11(15(20)21)9-14(19-13)18-10-17(6-7-17)12-4-5-12/h8-9,12H,4-7,10H2,1-3H3,(H,18,19)(H,20,21). The second-order valence-corrected chi connectivity index (χ2v) is 7.67. The Morgan fingerprint density at radius 1 is 1.38 bits per heavy atom. The fourth-order valence-corrected chi connectivity index (χ4v) is 2.98. The lowest BCUT2D eigenvalue weighted by molar-refractivity contribution is 0.0696. The third kappa shape index (κ3) is 3.04. The number of hydrogen-bond acceptors (Lipinski definition) is 3. The van der Waals surface area contributed by atoms with E-state index in [1.807, 2.05) is 0 Å². The number of aromatic carboxylic acids is 1. The zero-order chi connectivity index (χ0) is 15.3. The van der Waals surface area contributed by atoms with E-state index in [0.29, 0.717) is 16.8 Å². The van der Waals surface area contributed by atoms with Gasteiger partial charge < -0.3 is 10.4 Å². The molecule has 2 aliphatic rings. The van der Waals surface area contributed by atoms with Crippen molar-refractivity contribution < 1.29 is 9.90 Å². The van der Waals surface area contributed by atoms with Gasteiger partial charge in [-0.15, -0.1) is 0 Å². The van der Waals surface area contributed by atoms with E-state index in [-0.39, 0.29) is 5.41 Å². The van der Waals surface area contributed by atoms with Crippen molar-refractivity contribution >= 4 is 11.8 Å². The minimum absolute atomic E-state index is 0.157. The summed E-state index contributed by atoms with van der Waals surface area (Å²) in [6, 6.07) is 3.34. The zero-order valence-corrected chi connectivity index (χ0v) is 13.1. The molecular formula is C17H24N2O2. The highest BCUT2D eigenvalue weighted by atomic mass is 16.4. The number of aromatic nitrogens is 1. The molecule has 0 saturated heterocycles. The van der Waals surface area contributed by atoms with Crippen LogP contribution >= 0.6 is 0 Å². The molecule has 0 aromatic carbocycles. The summed E-state index contributed by atoms with van der Waals surface area (Å²) in [5, 5.41) is 12.7. The summed E-state index contributed by atoms with van der Waals surface area (Å²) < 4.78 is 0. The Morgan fingerprint density at radius 3 is 2.52 bits per heavy atom. The molecule has 0 amide bonds. The molecule has 3 rings (SSSR count). The van der Waals surface area contributed by atoms with E-state index in [2.05, 4.69) is 31.1 Å². The molecule has 4 heteroatoms. The molecule has 0 bridgehead atoms. The molecule has 2 fully saturated rings. The number of anilines is 1. The first-order chi connectivity index (χ1) is 9.80. The predicted octanol–water partition coefficient (Wildman–Crippen LogP) is 3.68. The second-order valence-electron chi connectivity index (χ2n) is 7.67. The molecule has 4 nitrogen and oxygen atoms in total. The van der Waals surface area contributed by atoms with Crippen molar-refractivity contribution in [1.82, 2.24) is 4.98 Å². The highest BCUT2D eigenvalue weighted by Gasteiger charge is 2.53. The maximum atomic E-state index is 11.3. The molecule has 2 N–H and O–H groups in total. The Labute approximate surface area is 126 Å². The maximum absolute atomic E-state index is 11.3. The molecule has 0 radical (unpaired) electrons. The first-order valence-electron chi connectivity index (χ1n) is 7.80. The Hall–Kier alpha value is -1.58. The van der Waals surface area contributed by atoms with Gasteiger partial charge in [0.2, 0.25) is 0 Å². The summed E-state index contributed by atoms with van der Waals surface area (Å²) in [6.07, 6.45) is 5.32. The molecule has 2 saturated carbocycles. The van der Waals surface area contributed by atoms with Crippen molar-refractivity contribution in [1.29, 1.82) is 0 Å². The Kier molecular flexibility index (Phi) is 3.23. The molecule has 0 aliphatic heterocycles. The van der Waals surface area contributed by atoms with Crippen LogP contribution in [-0.4, -0.2) is 22.6 Å². The van der Waals surface area contributed by atoms with Crippen LogP contribution in [0.5, 0.6) is 0 Å². The van der Waals surface area contributed by atoms with E-state index >= 15 is 0 Å². The molecule has 114 valence electrons. The number of carboxylic acids is 1. The van der Waals surface area contributed by atoms with Crippen LogP contribution in [0.2, 0.25) is 0 Å². The lowest BCUT2D eigenvalue weighted by atomic mass is 9.90. The molecular weight excluding hydrogens is 264 g/mol. The van der Waals surface area contributed by atoms with Gasteiger partial charge in [0.1, 0.15) is 5.82 Å². The highest BCUT2D eigenvalue weighted by molar-refractivity contribution is 5.88. The number of hydrogen-bond donors (Lipinski definition) is 2. The summed E-state index contributed by atoms with van der Waals surface area (Å²) in [7, 11) is 0. The first kappa shape index (κ1) is 14.4. The number of rotatable bonds is 5. The van der Waals surface area contributed by atoms with Crippen LogP contribution in [-0.2, 0) is 5.41 Å². The van der Waals surface area contributed by atoms with Crippen LogP contribution in [0.3, 0.4) is 0 Å². The molecule has 1 aromatic rings. The van der Waals surface area contributed by atoms with E-state index in [0.717, 1.165) is 18.2 Å². The van der Waals surface area contributed by atoms with Gasteiger partial charge in [0.15, 0.2) is 0 Å². The van der Waals surface area contributed by atoms with Crippen LogP contribution in [0, 0.1) is 11.3 Å². The fraction of sp³-hybridized carbons (Fsp3) is 0.647. The average molecular weight is 288 g/mol. The maximum Gasteiger partial charge on any atom is 0.335 e. The summed E-state index contributed by atoms with van der Waals surface area (Å²) in [5.41, 5.74) is 1.45. The van der Waals surface area contributed by atoms with Crippen molar-refractivity contribution in [2.45, 2.75) is 51.9 Å². The van der Waals surface area contributed by atoms with Gasteiger partial charge >= 0.3 is 5.97 Å². The quantitative estimate of drug-likeness (QED) is 0.867. The third-order valence-corrected chi connectivity index (χ3v) is 4.80. The van der Waals surface area contributed by atoms with Gasteiger partial charge in [0, 0.05) is 17.7 Å². The minimum atomic E-state index is -0.894. The number of pyridine rings is 1. The topological polar surface area (TPSA) is 62.2 Å². The largest absolute Gasteiger partial charge is 0.478 e. The van der Waals surface area contributed by atoms with Gasteiger partial charge in [0.25, 0.3) is 0 Å². The summed E-state index contributed by atoms with van der Waals surface area (Å²) in [5.74, 6) is 0.691. The van der Waals surface area contributed by atoms with Gasteiger partial charge in [-0.3, -0.25) is 0 Å². The van der Waals surface area contributed by atoms with Crippen LogP contribution < -0.4 is 5.32 Å². The predicted molar refractivity (Wildman–Crippen MR) is 82.8 cm³/mol. The van der Waals surface area contributed by atoms with Gasteiger partial charge in [-0.25, -0.2) is 9.78 Å². The van der Waals surface area contributed by atoms with Crippen molar-refractivity contribution in [2.24, 2.45) is 11.3 Å². The molecule has 1 aromatic heterocycles. The lowest BCUT2D eigenvalue weighted by Gasteiger charge is -2.21. The SMILES string of the molecule is CC(C)(C)c1cc(C(=O)O)cc(NCC2(C3CC3)CC2)n1. The van der Waals surface area contributed by atoms with Gasteiger partial charge in [-0.05, 0) is 49.1 Å². The first-order valence-corrected chi connectivity index (χ1v) is 7.80. The monoisotopic (exact) mass is 288 g/mol. The van der Waals surface area contributed by atoms with Crippen LogP contribution in [0.25, 0.3) is 0 Å². The van der Waals surface area contributed by atoms with E-state index in [4.69, 9.17) is 0 Å².